The molecule has 26 heavy (non-hydrogen) atoms. The van der Waals surface area contributed by atoms with E-state index < -0.39 is 0 Å². The van der Waals surface area contributed by atoms with Gasteiger partial charge in [-0.3, -0.25) is 14.2 Å². The van der Waals surface area contributed by atoms with Gasteiger partial charge >= 0.3 is 0 Å². The molecule has 0 amide bonds. The van der Waals surface area contributed by atoms with Crippen LogP contribution in [0.4, 0.5) is 0 Å². The minimum Gasteiger partial charge on any atom is -0.271 e. The van der Waals surface area contributed by atoms with Gasteiger partial charge in [0.25, 0.3) is 11.1 Å². The van der Waals surface area contributed by atoms with E-state index in [1.807, 2.05) is 48.5 Å². The zero-order chi connectivity index (χ0) is 18.5. The van der Waals surface area contributed by atoms with E-state index in [0.717, 1.165) is 30.0 Å². The molecule has 4 rings (SSSR count). The van der Waals surface area contributed by atoms with E-state index in [-0.39, 0.29) is 22.6 Å². The van der Waals surface area contributed by atoms with Crippen LogP contribution in [0.5, 0.6) is 0 Å². The summed E-state index contributed by atoms with van der Waals surface area (Å²) in [6, 6.07) is 15.1. The molecule has 3 nitrogen and oxygen atoms in total. The molecule has 0 bridgehead atoms. The molecule has 1 aromatic heterocycles. The Morgan fingerprint density at radius 3 is 1.73 bits per heavy atom. The first-order chi connectivity index (χ1) is 12.4. The molecule has 134 valence electrons. The quantitative estimate of drug-likeness (QED) is 0.628. The highest BCUT2D eigenvalue weighted by Crippen LogP contribution is 2.43. The molecular formula is C23H25NO2. The van der Waals surface area contributed by atoms with Gasteiger partial charge in [-0.1, -0.05) is 57.2 Å². The average molecular weight is 347 g/mol. The maximum absolute atomic E-state index is 13.4. The Labute approximate surface area is 153 Å². The van der Waals surface area contributed by atoms with Crippen molar-refractivity contribution >= 4 is 21.5 Å². The zero-order valence-corrected chi connectivity index (χ0v) is 15.7. The second-order valence-electron chi connectivity index (χ2n) is 8.64. The van der Waals surface area contributed by atoms with E-state index in [1.54, 1.807) is 4.57 Å². The summed E-state index contributed by atoms with van der Waals surface area (Å²) in [7, 11) is 0. The van der Waals surface area contributed by atoms with Gasteiger partial charge in [0, 0.05) is 16.8 Å². The smallest absolute Gasteiger partial charge is 0.261 e. The topological polar surface area (TPSA) is 39.1 Å². The number of fused-ring (bicyclic) bond motifs is 3. The molecule has 2 atom stereocenters. The first-order valence-corrected chi connectivity index (χ1v) is 9.44. The molecule has 0 aliphatic heterocycles. The molecule has 2 aromatic carbocycles. The van der Waals surface area contributed by atoms with E-state index in [9.17, 15) is 9.59 Å². The Kier molecular flexibility index (Phi) is 3.98. The molecule has 0 N–H and O–H groups in total. The van der Waals surface area contributed by atoms with Gasteiger partial charge in [-0.15, -0.1) is 0 Å². The first-order valence-electron chi connectivity index (χ1n) is 9.44. The maximum atomic E-state index is 13.4. The summed E-state index contributed by atoms with van der Waals surface area (Å²) in [6.45, 7) is 6.71. The van der Waals surface area contributed by atoms with E-state index in [4.69, 9.17) is 0 Å². The first kappa shape index (κ1) is 17.0. The van der Waals surface area contributed by atoms with Crippen LogP contribution in [0.1, 0.15) is 46.1 Å². The predicted molar refractivity (Wildman–Crippen MR) is 108 cm³/mol. The number of nitrogens with zero attached hydrogens (tertiary/aromatic N) is 1. The highest BCUT2D eigenvalue weighted by atomic mass is 16.2. The second kappa shape index (κ2) is 6.08. The Hall–Kier alpha value is -2.42. The Morgan fingerprint density at radius 2 is 1.27 bits per heavy atom. The number of hydrogen-bond donors (Lipinski definition) is 0. The lowest BCUT2D eigenvalue weighted by Gasteiger charge is -2.39. The van der Waals surface area contributed by atoms with Gasteiger partial charge in [-0.25, -0.2) is 0 Å². The third-order valence-electron chi connectivity index (χ3n) is 5.77. The van der Waals surface area contributed by atoms with Crippen molar-refractivity contribution in [3.05, 3.63) is 69.2 Å². The molecule has 0 spiro atoms. The summed E-state index contributed by atoms with van der Waals surface area (Å²) in [5, 5.41) is 2.96. The lowest BCUT2D eigenvalue weighted by atomic mass is 9.70. The average Bonchev–Trinajstić information content (AvgIpc) is 2.68. The molecule has 1 heterocycles. The van der Waals surface area contributed by atoms with Gasteiger partial charge in [0.15, 0.2) is 0 Å². The highest BCUT2D eigenvalue weighted by molar-refractivity contribution is 6.05. The number of rotatable bonds is 1. The van der Waals surface area contributed by atoms with Crippen molar-refractivity contribution in [2.75, 3.05) is 0 Å². The summed E-state index contributed by atoms with van der Waals surface area (Å²) < 4.78 is 1.56. The van der Waals surface area contributed by atoms with Crippen LogP contribution in [0.25, 0.3) is 21.5 Å². The number of benzene rings is 2. The van der Waals surface area contributed by atoms with Crippen LogP contribution in [-0.4, -0.2) is 4.57 Å². The van der Waals surface area contributed by atoms with Crippen molar-refractivity contribution in [1.29, 1.82) is 0 Å². The van der Waals surface area contributed by atoms with E-state index in [0.29, 0.717) is 16.7 Å². The fourth-order valence-electron chi connectivity index (χ4n) is 4.98. The summed E-state index contributed by atoms with van der Waals surface area (Å²) in [5.41, 5.74) is -0.178. The minimum atomic E-state index is -0.156. The van der Waals surface area contributed by atoms with Crippen molar-refractivity contribution in [3.8, 4) is 0 Å². The number of hydrogen-bond acceptors (Lipinski definition) is 2. The van der Waals surface area contributed by atoms with Crippen LogP contribution < -0.4 is 11.1 Å². The fourth-order valence-corrected chi connectivity index (χ4v) is 4.98. The molecule has 0 radical (unpaired) electrons. The molecule has 3 aromatic rings. The maximum Gasteiger partial charge on any atom is 0.261 e. The largest absolute Gasteiger partial charge is 0.271 e. The van der Waals surface area contributed by atoms with Crippen LogP contribution >= 0.6 is 0 Å². The summed E-state index contributed by atoms with van der Waals surface area (Å²) in [5.74, 6) is 0.498. The molecule has 0 saturated heterocycles. The third kappa shape index (κ3) is 2.76. The van der Waals surface area contributed by atoms with Crippen LogP contribution in [0, 0.1) is 11.3 Å². The summed E-state index contributed by atoms with van der Waals surface area (Å²) >= 11 is 0. The van der Waals surface area contributed by atoms with E-state index in [1.165, 1.54) is 0 Å². The molecule has 1 saturated carbocycles. The Morgan fingerprint density at radius 1 is 0.808 bits per heavy atom. The lowest BCUT2D eigenvalue weighted by molar-refractivity contribution is 0.134. The fraction of sp³-hybridized carbons (Fsp3) is 0.391. The van der Waals surface area contributed by atoms with Crippen LogP contribution in [0.15, 0.2) is 58.1 Å². The SMILES string of the molecule is CC1CC(n2c(=O)c3ccccc3c3ccccc3c2=O)CC(C)(C)C1. The standard InChI is InChI=1S/C23H25NO2/c1-15-12-16(14-23(2,3)13-15)24-21(25)19-10-6-4-8-17(19)18-9-5-7-11-20(18)22(24)26/h4-11,15-16H,12-14H2,1-3H3. The van der Waals surface area contributed by atoms with Gasteiger partial charge in [-0.2, -0.15) is 0 Å². The van der Waals surface area contributed by atoms with E-state index >= 15 is 0 Å². The molecule has 1 aliphatic carbocycles. The highest BCUT2D eigenvalue weighted by Gasteiger charge is 2.34. The summed E-state index contributed by atoms with van der Waals surface area (Å²) in [6.07, 6.45) is 2.87. The molecule has 1 aliphatic rings. The Bertz CT molecular complexity index is 1040. The van der Waals surface area contributed by atoms with E-state index in [2.05, 4.69) is 20.8 Å². The van der Waals surface area contributed by atoms with Crippen LogP contribution in [0.2, 0.25) is 0 Å². The normalized spacial score (nSPS) is 22.6. The van der Waals surface area contributed by atoms with Crippen molar-refractivity contribution in [2.45, 2.75) is 46.1 Å². The van der Waals surface area contributed by atoms with Gasteiger partial charge in [0.2, 0.25) is 0 Å². The van der Waals surface area contributed by atoms with Crippen molar-refractivity contribution in [2.24, 2.45) is 11.3 Å². The van der Waals surface area contributed by atoms with Crippen molar-refractivity contribution < 1.29 is 0 Å². The number of aromatic nitrogens is 1. The molecule has 2 unspecified atom stereocenters. The predicted octanol–water partition coefficient (Wildman–Crippen LogP) is 4.90. The second-order valence-corrected chi connectivity index (χ2v) is 8.64. The van der Waals surface area contributed by atoms with Gasteiger partial charge in [0.05, 0.1) is 0 Å². The third-order valence-corrected chi connectivity index (χ3v) is 5.77. The van der Waals surface area contributed by atoms with Crippen molar-refractivity contribution in [1.82, 2.24) is 4.57 Å². The Balaban J connectivity index is 2.13. The monoisotopic (exact) mass is 347 g/mol. The van der Waals surface area contributed by atoms with Gasteiger partial charge in [0.1, 0.15) is 0 Å². The lowest BCUT2D eigenvalue weighted by Crippen LogP contribution is -2.39. The molecule has 1 fully saturated rings. The van der Waals surface area contributed by atoms with Crippen molar-refractivity contribution in [3.63, 3.8) is 0 Å². The minimum absolute atomic E-state index is 0.0482. The van der Waals surface area contributed by atoms with Crippen LogP contribution in [-0.2, 0) is 0 Å². The zero-order valence-electron chi connectivity index (χ0n) is 15.7. The van der Waals surface area contributed by atoms with Gasteiger partial charge in [-0.05, 0) is 53.5 Å². The van der Waals surface area contributed by atoms with Gasteiger partial charge < -0.3 is 0 Å². The summed E-state index contributed by atoms with van der Waals surface area (Å²) in [4.78, 5) is 26.9. The molecule has 3 heteroatoms. The van der Waals surface area contributed by atoms with Crippen LogP contribution in [0.3, 0.4) is 0 Å². The molecular weight excluding hydrogens is 322 g/mol.